The molecule has 0 fully saturated rings. The number of carbonyl (C=O) groups is 1. The first-order valence-corrected chi connectivity index (χ1v) is 6.41. The van der Waals surface area contributed by atoms with Crippen molar-refractivity contribution in [2.45, 2.75) is 12.4 Å². The zero-order chi connectivity index (χ0) is 11.1. The molecular weight excluding hydrogens is 236 g/mol. The summed E-state index contributed by atoms with van der Waals surface area (Å²) in [6.45, 7) is 2.11. The van der Waals surface area contributed by atoms with Gasteiger partial charge in [-0.25, -0.2) is 4.79 Å². The van der Waals surface area contributed by atoms with Gasteiger partial charge in [0.2, 0.25) is 5.13 Å². The van der Waals surface area contributed by atoms with E-state index >= 15 is 0 Å². The standard InChI is InChI=1S/C7H12N4O2S2/c1-3-13-7(12)10-5(14-2)9-6-11-8-4-15-6/h4-5H,3H2,1-2H3,(H,9,11)(H,10,12). The fraction of sp³-hybridized carbons (Fsp3) is 0.571. The summed E-state index contributed by atoms with van der Waals surface area (Å²) in [5.74, 6) is 0. The van der Waals surface area contributed by atoms with E-state index in [0.29, 0.717) is 11.7 Å². The average Bonchev–Trinajstić information content (AvgIpc) is 2.70. The molecule has 1 rings (SSSR count). The Hall–Kier alpha value is -1.02. The fourth-order valence-corrected chi connectivity index (χ4v) is 1.77. The van der Waals surface area contributed by atoms with Gasteiger partial charge in [-0.05, 0) is 13.2 Å². The summed E-state index contributed by atoms with van der Waals surface area (Å²) in [6, 6.07) is 0. The smallest absolute Gasteiger partial charge is 0.409 e. The van der Waals surface area contributed by atoms with Crippen LogP contribution < -0.4 is 10.6 Å². The van der Waals surface area contributed by atoms with Gasteiger partial charge in [0.15, 0.2) is 5.50 Å². The molecule has 1 atom stereocenters. The summed E-state index contributed by atoms with van der Waals surface area (Å²) in [7, 11) is 0. The SMILES string of the molecule is CCOC(=O)NC(Nc1nncs1)SC. The maximum absolute atomic E-state index is 11.1. The molecule has 1 aromatic rings. The first kappa shape index (κ1) is 12.1. The number of rotatable bonds is 5. The topological polar surface area (TPSA) is 76.1 Å². The van der Waals surface area contributed by atoms with Gasteiger partial charge in [0.05, 0.1) is 6.61 Å². The van der Waals surface area contributed by atoms with Gasteiger partial charge >= 0.3 is 6.09 Å². The number of alkyl carbamates (subject to hydrolysis) is 1. The lowest BCUT2D eigenvalue weighted by Gasteiger charge is -2.16. The van der Waals surface area contributed by atoms with E-state index in [-0.39, 0.29) is 5.50 Å². The molecule has 0 radical (unpaired) electrons. The Bertz CT molecular complexity index is 293. The predicted octanol–water partition coefficient (Wildman–Crippen LogP) is 1.34. The van der Waals surface area contributed by atoms with Crippen molar-refractivity contribution in [1.29, 1.82) is 0 Å². The fourth-order valence-electron chi connectivity index (χ4n) is 0.782. The van der Waals surface area contributed by atoms with E-state index in [4.69, 9.17) is 4.74 Å². The molecule has 0 bridgehead atoms. The van der Waals surface area contributed by atoms with Gasteiger partial charge in [-0.2, -0.15) is 0 Å². The van der Waals surface area contributed by atoms with E-state index in [0.717, 1.165) is 0 Å². The molecule has 1 amide bonds. The van der Waals surface area contributed by atoms with E-state index in [1.807, 2.05) is 6.26 Å². The predicted molar refractivity (Wildman–Crippen MR) is 61.0 cm³/mol. The lowest BCUT2D eigenvalue weighted by atomic mass is 10.8. The number of ether oxygens (including phenoxy) is 1. The largest absolute Gasteiger partial charge is 0.450 e. The molecule has 1 aromatic heterocycles. The van der Waals surface area contributed by atoms with Crippen LogP contribution in [0.25, 0.3) is 0 Å². The van der Waals surface area contributed by atoms with Crippen LogP contribution in [0.3, 0.4) is 0 Å². The number of carbonyl (C=O) groups excluding carboxylic acids is 1. The van der Waals surface area contributed by atoms with Crippen molar-refractivity contribution in [1.82, 2.24) is 15.5 Å². The van der Waals surface area contributed by atoms with Crippen LogP contribution in [0.2, 0.25) is 0 Å². The van der Waals surface area contributed by atoms with Crippen LogP contribution in [0.4, 0.5) is 9.93 Å². The van der Waals surface area contributed by atoms with Crippen molar-refractivity contribution in [2.24, 2.45) is 0 Å². The van der Waals surface area contributed by atoms with Gasteiger partial charge in [0, 0.05) is 0 Å². The van der Waals surface area contributed by atoms with E-state index in [1.165, 1.54) is 23.1 Å². The highest BCUT2D eigenvalue weighted by atomic mass is 32.2. The molecule has 0 saturated carbocycles. The van der Waals surface area contributed by atoms with Crippen molar-refractivity contribution >= 4 is 34.3 Å². The number of nitrogens with one attached hydrogen (secondary N) is 2. The highest BCUT2D eigenvalue weighted by Crippen LogP contribution is 2.13. The molecule has 1 unspecified atom stereocenters. The molecule has 8 heteroatoms. The molecule has 0 spiro atoms. The molecule has 0 aliphatic rings. The molecule has 15 heavy (non-hydrogen) atoms. The van der Waals surface area contributed by atoms with Crippen molar-refractivity contribution in [2.75, 3.05) is 18.2 Å². The van der Waals surface area contributed by atoms with Crippen LogP contribution in [0.5, 0.6) is 0 Å². The molecule has 2 N–H and O–H groups in total. The Balaban J connectivity index is 2.39. The Morgan fingerprint density at radius 3 is 3.13 bits per heavy atom. The summed E-state index contributed by atoms with van der Waals surface area (Å²) >= 11 is 2.81. The third-order valence-corrected chi connectivity index (χ3v) is 2.70. The van der Waals surface area contributed by atoms with Crippen molar-refractivity contribution in [3.8, 4) is 0 Å². The Morgan fingerprint density at radius 1 is 1.80 bits per heavy atom. The van der Waals surface area contributed by atoms with E-state index in [9.17, 15) is 4.79 Å². The molecule has 0 aromatic carbocycles. The molecule has 0 saturated heterocycles. The van der Waals surface area contributed by atoms with E-state index in [2.05, 4.69) is 20.8 Å². The second kappa shape index (κ2) is 6.46. The third kappa shape index (κ3) is 4.34. The molecule has 1 heterocycles. The van der Waals surface area contributed by atoms with E-state index in [1.54, 1.807) is 12.4 Å². The number of hydrogen-bond donors (Lipinski definition) is 2. The summed E-state index contributed by atoms with van der Waals surface area (Å²) in [6.07, 6.45) is 1.42. The van der Waals surface area contributed by atoms with Gasteiger partial charge in [0.25, 0.3) is 0 Å². The maximum Gasteiger partial charge on any atom is 0.409 e. The van der Waals surface area contributed by atoms with Crippen LogP contribution >= 0.6 is 23.1 Å². The number of amides is 1. The monoisotopic (exact) mass is 248 g/mol. The molecule has 0 aliphatic carbocycles. The second-order valence-corrected chi connectivity index (χ2v) is 4.14. The van der Waals surface area contributed by atoms with Crippen LogP contribution in [-0.4, -0.2) is 34.7 Å². The molecule has 0 aliphatic heterocycles. The number of anilines is 1. The number of aromatic nitrogens is 2. The first-order valence-electron chi connectivity index (χ1n) is 4.25. The molecule has 84 valence electrons. The zero-order valence-corrected chi connectivity index (χ0v) is 10.0. The number of thioether (sulfide) groups is 1. The highest BCUT2D eigenvalue weighted by Gasteiger charge is 2.12. The highest BCUT2D eigenvalue weighted by molar-refractivity contribution is 7.99. The number of hydrogen-bond acceptors (Lipinski definition) is 7. The summed E-state index contributed by atoms with van der Waals surface area (Å²) in [5.41, 5.74) is 1.35. The van der Waals surface area contributed by atoms with Crippen molar-refractivity contribution in [3.05, 3.63) is 5.51 Å². The normalized spacial score (nSPS) is 11.9. The van der Waals surface area contributed by atoms with Gasteiger partial charge in [-0.3, -0.25) is 5.32 Å². The van der Waals surface area contributed by atoms with Crippen LogP contribution in [-0.2, 0) is 4.74 Å². The third-order valence-electron chi connectivity index (χ3n) is 1.37. The van der Waals surface area contributed by atoms with Crippen molar-refractivity contribution in [3.63, 3.8) is 0 Å². The maximum atomic E-state index is 11.1. The van der Waals surface area contributed by atoms with E-state index < -0.39 is 6.09 Å². The van der Waals surface area contributed by atoms with Crippen LogP contribution in [0, 0.1) is 0 Å². The van der Waals surface area contributed by atoms with Gasteiger partial charge < -0.3 is 10.1 Å². The lowest BCUT2D eigenvalue weighted by molar-refractivity contribution is 0.152. The zero-order valence-electron chi connectivity index (χ0n) is 8.39. The average molecular weight is 248 g/mol. The van der Waals surface area contributed by atoms with Crippen LogP contribution in [0.15, 0.2) is 5.51 Å². The summed E-state index contributed by atoms with van der Waals surface area (Å²) in [5, 5.41) is 13.8. The Labute approximate surface area is 95.8 Å². The van der Waals surface area contributed by atoms with Crippen LogP contribution in [0.1, 0.15) is 6.92 Å². The number of nitrogens with zero attached hydrogens (tertiary/aromatic N) is 2. The summed E-state index contributed by atoms with van der Waals surface area (Å²) in [4.78, 5) is 11.1. The van der Waals surface area contributed by atoms with Crippen molar-refractivity contribution < 1.29 is 9.53 Å². The van der Waals surface area contributed by atoms with Gasteiger partial charge in [-0.15, -0.1) is 22.0 Å². The molecular formula is C7H12N4O2S2. The Morgan fingerprint density at radius 2 is 2.60 bits per heavy atom. The van der Waals surface area contributed by atoms with Gasteiger partial charge in [-0.1, -0.05) is 11.3 Å². The minimum absolute atomic E-state index is 0.267. The summed E-state index contributed by atoms with van der Waals surface area (Å²) < 4.78 is 4.76. The lowest BCUT2D eigenvalue weighted by Crippen LogP contribution is -2.38. The quantitative estimate of drug-likeness (QED) is 0.766. The van der Waals surface area contributed by atoms with Gasteiger partial charge in [0.1, 0.15) is 5.51 Å². The second-order valence-electron chi connectivity index (χ2n) is 2.37. The minimum Gasteiger partial charge on any atom is -0.450 e. The Kier molecular flexibility index (Phi) is 5.19. The minimum atomic E-state index is -0.450. The molecule has 6 nitrogen and oxygen atoms in total. The first-order chi connectivity index (χ1) is 7.26.